The van der Waals surface area contributed by atoms with Crippen LogP contribution in [0.1, 0.15) is 31.7 Å². The summed E-state index contributed by atoms with van der Waals surface area (Å²) in [6.45, 7) is 3.77. The van der Waals surface area contributed by atoms with Crippen molar-refractivity contribution < 1.29 is 14.3 Å². The van der Waals surface area contributed by atoms with Crippen LogP contribution in [0.3, 0.4) is 0 Å². The molecule has 2 amide bonds. The molecule has 2 heterocycles. The minimum atomic E-state index is -0.105. The van der Waals surface area contributed by atoms with E-state index in [2.05, 4.69) is 10.3 Å². The number of ether oxygens (including phenoxy) is 1. The molecule has 0 bridgehead atoms. The van der Waals surface area contributed by atoms with E-state index in [0.717, 1.165) is 23.4 Å². The standard InChI is InChI=1S/C26H29N3O3S/c1-2-32-23-11-7-6-10-21(23)22-18-33-26(27-22)28-25(31)20-14-16-29(17-15-20)24(30)13-12-19-8-4-3-5-9-19/h3-11,18,20H,2,12-17H2,1H3,(H,27,28,31). The monoisotopic (exact) mass is 463 g/mol. The van der Waals surface area contributed by atoms with Crippen molar-refractivity contribution in [2.75, 3.05) is 25.0 Å². The zero-order valence-corrected chi connectivity index (χ0v) is 19.6. The second-order valence-corrected chi connectivity index (χ2v) is 8.96. The normalized spacial score (nSPS) is 14.2. The second kappa shape index (κ2) is 11.1. The summed E-state index contributed by atoms with van der Waals surface area (Å²) in [5, 5.41) is 5.49. The molecule has 3 aromatic rings. The minimum Gasteiger partial charge on any atom is -0.493 e. The molecule has 1 fully saturated rings. The number of thiazole rings is 1. The van der Waals surface area contributed by atoms with Crippen molar-refractivity contribution in [2.45, 2.75) is 32.6 Å². The van der Waals surface area contributed by atoms with Gasteiger partial charge in [0.1, 0.15) is 5.75 Å². The van der Waals surface area contributed by atoms with E-state index < -0.39 is 0 Å². The van der Waals surface area contributed by atoms with E-state index in [1.54, 1.807) is 0 Å². The van der Waals surface area contributed by atoms with Crippen LogP contribution in [0.15, 0.2) is 60.0 Å². The first-order valence-corrected chi connectivity index (χ1v) is 12.3. The number of piperidine rings is 1. The number of nitrogens with one attached hydrogen (secondary N) is 1. The van der Waals surface area contributed by atoms with E-state index in [4.69, 9.17) is 4.74 Å². The fourth-order valence-electron chi connectivity index (χ4n) is 4.07. The number of nitrogens with zero attached hydrogens (tertiary/aromatic N) is 2. The first-order chi connectivity index (χ1) is 16.1. The van der Waals surface area contributed by atoms with E-state index in [-0.39, 0.29) is 17.7 Å². The maximum Gasteiger partial charge on any atom is 0.229 e. The number of carbonyl (C=O) groups is 2. The van der Waals surface area contributed by atoms with Gasteiger partial charge >= 0.3 is 0 Å². The quantitative estimate of drug-likeness (QED) is 0.509. The molecule has 1 N–H and O–H groups in total. The second-order valence-electron chi connectivity index (χ2n) is 8.10. The maximum absolute atomic E-state index is 12.8. The highest BCUT2D eigenvalue weighted by Gasteiger charge is 2.27. The molecular weight excluding hydrogens is 434 g/mol. The number of aromatic nitrogens is 1. The van der Waals surface area contributed by atoms with Crippen LogP contribution in [0.4, 0.5) is 5.13 Å². The number of hydrogen-bond donors (Lipinski definition) is 1. The first-order valence-electron chi connectivity index (χ1n) is 11.4. The molecule has 0 aliphatic carbocycles. The predicted molar refractivity (Wildman–Crippen MR) is 131 cm³/mol. The summed E-state index contributed by atoms with van der Waals surface area (Å²) in [5.74, 6) is 0.819. The molecule has 0 spiro atoms. The lowest BCUT2D eigenvalue weighted by molar-refractivity contribution is -0.134. The van der Waals surface area contributed by atoms with Crippen LogP contribution in [0.25, 0.3) is 11.3 Å². The molecule has 6 nitrogen and oxygen atoms in total. The zero-order chi connectivity index (χ0) is 23.0. The van der Waals surface area contributed by atoms with Crippen molar-refractivity contribution in [1.82, 2.24) is 9.88 Å². The van der Waals surface area contributed by atoms with Crippen LogP contribution >= 0.6 is 11.3 Å². The predicted octanol–water partition coefficient (Wildman–Crippen LogP) is 5.02. The Morgan fingerprint density at radius 3 is 2.58 bits per heavy atom. The number of aryl methyl sites for hydroxylation is 1. The average Bonchev–Trinajstić information content (AvgIpc) is 3.32. The minimum absolute atomic E-state index is 0.0228. The lowest BCUT2D eigenvalue weighted by Crippen LogP contribution is -2.41. The van der Waals surface area contributed by atoms with E-state index in [0.29, 0.717) is 44.1 Å². The summed E-state index contributed by atoms with van der Waals surface area (Å²) in [6.07, 6.45) is 2.60. The van der Waals surface area contributed by atoms with Crippen molar-refractivity contribution >= 4 is 28.3 Å². The van der Waals surface area contributed by atoms with Gasteiger partial charge < -0.3 is 15.0 Å². The topological polar surface area (TPSA) is 71.5 Å². The first kappa shape index (κ1) is 23.0. The number of carbonyl (C=O) groups excluding carboxylic acids is 2. The molecule has 172 valence electrons. The third-order valence-corrected chi connectivity index (χ3v) is 6.64. The SMILES string of the molecule is CCOc1ccccc1-c1csc(NC(=O)C2CCN(C(=O)CCc3ccccc3)CC2)n1. The average molecular weight is 464 g/mol. The van der Waals surface area contributed by atoms with Gasteiger partial charge in [-0.2, -0.15) is 0 Å². The van der Waals surface area contributed by atoms with Crippen LogP contribution in [0.2, 0.25) is 0 Å². The van der Waals surface area contributed by atoms with Gasteiger partial charge in [0.25, 0.3) is 0 Å². The molecule has 7 heteroatoms. The fraction of sp³-hybridized carbons (Fsp3) is 0.346. The third kappa shape index (κ3) is 5.99. The number of para-hydroxylation sites is 1. The zero-order valence-electron chi connectivity index (χ0n) is 18.8. The number of amides is 2. The third-order valence-electron chi connectivity index (χ3n) is 5.89. The summed E-state index contributed by atoms with van der Waals surface area (Å²) in [5.41, 5.74) is 2.88. The maximum atomic E-state index is 12.8. The Balaban J connectivity index is 1.27. The van der Waals surface area contributed by atoms with Crippen molar-refractivity contribution in [1.29, 1.82) is 0 Å². The van der Waals surface area contributed by atoms with Crippen molar-refractivity contribution in [3.05, 3.63) is 65.5 Å². The van der Waals surface area contributed by atoms with E-state index in [1.165, 1.54) is 16.9 Å². The van der Waals surface area contributed by atoms with Gasteiger partial charge in [0, 0.05) is 36.4 Å². The van der Waals surface area contributed by atoms with Crippen molar-refractivity contribution in [2.24, 2.45) is 5.92 Å². The van der Waals surface area contributed by atoms with Gasteiger partial charge in [-0.15, -0.1) is 11.3 Å². The highest BCUT2D eigenvalue weighted by atomic mass is 32.1. The van der Waals surface area contributed by atoms with E-state index in [9.17, 15) is 9.59 Å². The van der Waals surface area contributed by atoms with Gasteiger partial charge in [0.05, 0.1) is 12.3 Å². The molecule has 1 aliphatic rings. The molecule has 1 aliphatic heterocycles. The lowest BCUT2D eigenvalue weighted by Gasteiger charge is -2.31. The van der Waals surface area contributed by atoms with Crippen LogP contribution in [-0.2, 0) is 16.0 Å². The van der Waals surface area contributed by atoms with Crippen LogP contribution in [-0.4, -0.2) is 41.4 Å². The summed E-state index contributed by atoms with van der Waals surface area (Å²) < 4.78 is 5.69. The molecule has 33 heavy (non-hydrogen) atoms. The Morgan fingerprint density at radius 1 is 1.09 bits per heavy atom. The number of rotatable bonds is 8. The van der Waals surface area contributed by atoms with Gasteiger partial charge in [-0.05, 0) is 43.9 Å². The van der Waals surface area contributed by atoms with Crippen molar-refractivity contribution in [3.8, 4) is 17.0 Å². The van der Waals surface area contributed by atoms with Crippen LogP contribution < -0.4 is 10.1 Å². The smallest absolute Gasteiger partial charge is 0.229 e. The fourth-order valence-corrected chi connectivity index (χ4v) is 4.78. The Bertz CT molecular complexity index is 1080. The van der Waals surface area contributed by atoms with Gasteiger partial charge in [-0.1, -0.05) is 42.5 Å². The number of anilines is 1. The number of benzene rings is 2. The molecule has 4 rings (SSSR count). The van der Waals surface area contributed by atoms with Gasteiger partial charge in [-0.3, -0.25) is 9.59 Å². The van der Waals surface area contributed by atoms with Gasteiger partial charge in [0.2, 0.25) is 11.8 Å². The van der Waals surface area contributed by atoms with Gasteiger partial charge in [0.15, 0.2) is 5.13 Å². The Labute approximate surface area is 198 Å². The molecule has 0 radical (unpaired) electrons. The van der Waals surface area contributed by atoms with Crippen molar-refractivity contribution in [3.63, 3.8) is 0 Å². The summed E-state index contributed by atoms with van der Waals surface area (Å²) in [7, 11) is 0. The highest BCUT2D eigenvalue weighted by Crippen LogP contribution is 2.32. The molecule has 0 unspecified atom stereocenters. The Hall–Kier alpha value is -3.19. The summed E-state index contributed by atoms with van der Waals surface area (Å²) in [4.78, 5) is 31.8. The highest BCUT2D eigenvalue weighted by molar-refractivity contribution is 7.14. The van der Waals surface area contributed by atoms with E-state index >= 15 is 0 Å². The summed E-state index contributed by atoms with van der Waals surface area (Å²) >= 11 is 1.41. The van der Waals surface area contributed by atoms with Gasteiger partial charge in [-0.25, -0.2) is 4.98 Å². The Kier molecular flexibility index (Phi) is 7.73. The molecule has 0 atom stereocenters. The molecule has 1 saturated heterocycles. The number of hydrogen-bond acceptors (Lipinski definition) is 5. The van der Waals surface area contributed by atoms with E-state index in [1.807, 2.05) is 71.8 Å². The summed E-state index contributed by atoms with van der Waals surface area (Å²) in [6, 6.07) is 17.8. The molecule has 0 saturated carbocycles. The Morgan fingerprint density at radius 2 is 1.82 bits per heavy atom. The molecule has 1 aromatic heterocycles. The largest absolute Gasteiger partial charge is 0.493 e. The lowest BCUT2D eigenvalue weighted by atomic mass is 9.95. The number of likely N-dealkylation sites (tertiary alicyclic amines) is 1. The molecule has 2 aromatic carbocycles. The van der Waals surface area contributed by atoms with Crippen LogP contribution in [0.5, 0.6) is 5.75 Å². The molecular formula is C26H29N3O3S. The van der Waals surface area contributed by atoms with Crippen LogP contribution in [0, 0.1) is 5.92 Å².